The Hall–Kier alpha value is -1.52. The van der Waals surface area contributed by atoms with Gasteiger partial charge in [-0.25, -0.2) is 0 Å². The van der Waals surface area contributed by atoms with Crippen molar-refractivity contribution in [3.63, 3.8) is 0 Å². The first-order valence-electron chi connectivity index (χ1n) is 7.33. The number of aryl methyl sites for hydroxylation is 2. The van der Waals surface area contributed by atoms with E-state index in [1.807, 2.05) is 18.8 Å². The van der Waals surface area contributed by atoms with Crippen LogP contribution in [-0.2, 0) is 13.5 Å². The molecule has 0 saturated carbocycles. The third kappa shape index (κ3) is 4.25. The van der Waals surface area contributed by atoms with Gasteiger partial charge < -0.3 is 10.6 Å². The van der Waals surface area contributed by atoms with E-state index in [0.29, 0.717) is 12.0 Å². The summed E-state index contributed by atoms with van der Waals surface area (Å²) in [6.45, 7) is 11.6. The lowest BCUT2D eigenvalue weighted by Crippen LogP contribution is -2.44. The summed E-state index contributed by atoms with van der Waals surface area (Å²) in [5.41, 5.74) is 3.68. The van der Waals surface area contributed by atoms with Crippen molar-refractivity contribution in [2.45, 2.75) is 47.1 Å². The minimum atomic E-state index is 0.406. The van der Waals surface area contributed by atoms with Gasteiger partial charge in [0.05, 0.1) is 5.69 Å². The molecule has 0 spiro atoms. The Morgan fingerprint density at radius 1 is 1.30 bits per heavy atom. The predicted octanol–water partition coefficient (Wildman–Crippen LogP) is 1.79. The molecule has 0 fully saturated rings. The maximum absolute atomic E-state index is 4.44. The van der Waals surface area contributed by atoms with E-state index in [1.165, 1.54) is 11.3 Å². The van der Waals surface area contributed by atoms with E-state index in [4.69, 9.17) is 0 Å². The average molecular weight is 279 g/mol. The molecule has 0 radical (unpaired) electrons. The number of aliphatic imine (C=N–C) groups is 1. The van der Waals surface area contributed by atoms with Gasteiger partial charge >= 0.3 is 0 Å². The Kier molecular flexibility index (Phi) is 6.05. The second-order valence-electron chi connectivity index (χ2n) is 5.70. The molecule has 0 aliphatic carbocycles. The highest BCUT2D eigenvalue weighted by atomic mass is 15.3. The number of hydrogen-bond acceptors (Lipinski definition) is 2. The third-order valence-electron chi connectivity index (χ3n) is 3.91. The molecule has 0 amide bonds. The van der Waals surface area contributed by atoms with Gasteiger partial charge in [0.1, 0.15) is 0 Å². The standard InChI is InChI=1S/C15H29N5/c1-10(2)11(3)18-15(16-6)17-9-8-14-12(4)19-20(7)13(14)5/h10-11H,8-9H2,1-7H3,(H2,16,17,18). The van der Waals surface area contributed by atoms with Gasteiger partial charge in [-0.15, -0.1) is 0 Å². The van der Waals surface area contributed by atoms with E-state index in [1.54, 1.807) is 0 Å². The molecule has 0 aliphatic rings. The van der Waals surface area contributed by atoms with Gasteiger partial charge in [0.15, 0.2) is 5.96 Å². The second kappa shape index (κ2) is 7.31. The van der Waals surface area contributed by atoms with Crippen LogP contribution < -0.4 is 10.6 Å². The number of rotatable bonds is 5. The Morgan fingerprint density at radius 3 is 2.40 bits per heavy atom. The summed E-state index contributed by atoms with van der Waals surface area (Å²) in [6, 6.07) is 0.406. The van der Waals surface area contributed by atoms with Crippen molar-refractivity contribution in [1.82, 2.24) is 20.4 Å². The molecule has 0 bridgehead atoms. The Labute approximate surface area is 122 Å². The Balaban J connectivity index is 2.50. The summed E-state index contributed by atoms with van der Waals surface area (Å²) in [7, 11) is 3.80. The van der Waals surface area contributed by atoms with E-state index in [0.717, 1.165) is 24.6 Å². The van der Waals surface area contributed by atoms with E-state index >= 15 is 0 Å². The summed E-state index contributed by atoms with van der Waals surface area (Å²) >= 11 is 0. The zero-order valence-corrected chi connectivity index (χ0v) is 13.9. The van der Waals surface area contributed by atoms with E-state index < -0.39 is 0 Å². The first-order chi connectivity index (χ1) is 9.36. The number of aromatic nitrogens is 2. The molecule has 0 aromatic carbocycles. The minimum Gasteiger partial charge on any atom is -0.356 e. The highest BCUT2D eigenvalue weighted by Gasteiger charge is 2.11. The highest BCUT2D eigenvalue weighted by molar-refractivity contribution is 5.79. The molecule has 1 atom stereocenters. The lowest BCUT2D eigenvalue weighted by atomic mass is 10.1. The van der Waals surface area contributed by atoms with E-state index in [9.17, 15) is 0 Å². The van der Waals surface area contributed by atoms with Gasteiger partial charge in [0, 0.05) is 32.4 Å². The first kappa shape index (κ1) is 16.5. The molecule has 1 aromatic heterocycles. The molecule has 2 N–H and O–H groups in total. The molecule has 1 aromatic rings. The highest BCUT2D eigenvalue weighted by Crippen LogP contribution is 2.11. The van der Waals surface area contributed by atoms with Gasteiger partial charge in [-0.3, -0.25) is 9.67 Å². The fourth-order valence-corrected chi connectivity index (χ4v) is 2.06. The van der Waals surface area contributed by atoms with Crippen molar-refractivity contribution >= 4 is 5.96 Å². The normalized spacial score (nSPS) is 13.7. The number of nitrogens with one attached hydrogen (secondary N) is 2. The van der Waals surface area contributed by atoms with E-state index in [-0.39, 0.29) is 0 Å². The average Bonchev–Trinajstić information content (AvgIpc) is 2.63. The maximum Gasteiger partial charge on any atom is 0.191 e. The van der Waals surface area contributed by atoms with Crippen molar-refractivity contribution in [1.29, 1.82) is 0 Å². The molecular weight excluding hydrogens is 250 g/mol. The lowest BCUT2D eigenvalue weighted by Gasteiger charge is -2.20. The van der Waals surface area contributed by atoms with Crippen LogP contribution in [0.1, 0.15) is 37.7 Å². The topological polar surface area (TPSA) is 54.2 Å². The van der Waals surface area contributed by atoms with Crippen molar-refractivity contribution < 1.29 is 0 Å². The van der Waals surface area contributed by atoms with Crippen molar-refractivity contribution in [2.75, 3.05) is 13.6 Å². The zero-order valence-electron chi connectivity index (χ0n) is 13.9. The van der Waals surface area contributed by atoms with Crippen molar-refractivity contribution in [3.05, 3.63) is 17.0 Å². The fourth-order valence-electron chi connectivity index (χ4n) is 2.06. The zero-order chi connectivity index (χ0) is 15.3. The van der Waals surface area contributed by atoms with Crippen LogP contribution in [0, 0.1) is 19.8 Å². The number of guanidine groups is 1. The SMILES string of the molecule is CN=C(NCCc1c(C)nn(C)c1C)NC(C)C(C)C. The molecule has 20 heavy (non-hydrogen) atoms. The summed E-state index contributed by atoms with van der Waals surface area (Å²) in [6.07, 6.45) is 0.961. The fraction of sp³-hybridized carbons (Fsp3) is 0.733. The summed E-state index contributed by atoms with van der Waals surface area (Å²) in [5, 5.41) is 11.2. The van der Waals surface area contributed by atoms with Crippen LogP contribution in [0.4, 0.5) is 0 Å². The maximum atomic E-state index is 4.44. The Morgan fingerprint density at radius 2 is 1.95 bits per heavy atom. The van der Waals surface area contributed by atoms with Crippen molar-refractivity contribution in [2.24, 2.45) is 18.0 Å². The number of nitrogens with zero attached hydrogens (tertiary/aromatic N) is 3. The molecule has 1 rings (SSSR count). The summed E-state index contributed by atoms with van der Waals surface area (Å²) < 4.78 is 1.94. The molecule has 0 saturated heterocycles. The smallest absolute Gasteiger partial charge is 0.191 e. The van der Waals surface area contributed by atoms with Crippen LogP contribution in [-0.4, -0.2) is 35.4 Å². The lowest BCUT2D eigenvalue weighted by molar-refractivity contribution is 0.481. The van der Waals surface area contributed by atoms with Gasteiger partial charge in [0.2, 0.25) is 0 Å². The molecule has 5 nitrogen and oxygen atoms in total. The second-order valence-corrected chi connectivity index (χ2v) is 5.70. The molecule has 0 aliphatic heterocycles. The van der Waals surface area contributed by atoms with Crippen LogP contribution >= 0.6 is 0 Å². The van der Waals surface area contributed by atoms with Crippen LogP contribution in [0.15, 0.2) is 4.99 Å². The summed E-state index contributed by atoms with van der Waals surface area (Å²) in [5.74, 6) is 1.45. The van der Waals surface area contributed by atoms with Crippen molar-refractivity contribution in [3.8, 4) is 0 Å². The largest absolute Gasteiger partial charge is 0.356 e. The Bertz CT molecular complexity index is 459. The summed E-state index contributed by atoms with van der Waals surface area (Å²) in [4.78, 5) is 4.27. The van der Waals surface area contributed by atoms with Crippen LogP contribution in [0.3, 0.4) is 0 Å². The first-order valence-corrected chi connectivity index (χ1v) is 7.33. The van der Waals surface area contributed by atoms with Crippen LogP contribution in [0.25, 0.3) is 0 Å². The van der Waals surface area contributed by atoms with Gasteiger partial charge in [-0.05, 0) is 38.7 Å². The molecule has 1 heterocycles. The minimum absolute atomic E-state index is 0.406. The quantitative estimate of drug-likeness (QED) is 0.638. The number of hydrogen-bond donors (Lipinski definition) is 2. The van der Waals surface area contributed by atoms with Gasteiger partial charge in [-0.2, -0.15) is 5.10 Å². The molecule has 114 valence electrons. The molecular formula is C15H29N5. The van der Waals surface area contributed by atoms with Crippen LogP contribution in [0.2, 0.25) is 0 Å². The van der Waals surface area contributed by atoms with Crippen LogP contribution in [0.5, 0.6) is 0 Å². The molecule has 1 unspecified atom stereocenters. The van der Waals surface area contributed by atoms with E-state index in [2.05, 4.69) is 55.3 Å². The van der Waals surface area contributed by atoms with Gasteiger partial charge in [0.25, 0.3) is 0 Å². The molecule has 5 heteroatoms. The predicted molar refractivity (Wildman–Crippen MR) is 85.2 cm³/mol. The van der Waals surface area contributed by atoms with Gasteiger partial charge in [-0.1, -0.05) is 13.8 Å². The monoisotopic (exact) mass is 279 g/mol. The third-order valence-corrected chi connectivity index (χ3v) is 3.91.